The van der Waals surface area contributed by atoms with Crippen molar-refractivity contribution in [2.24, 2.45) is 0 Å². The molecule has 0 aliphatic carbocycles. The van der Waals surface area contributed by atoms with Gasteiger partial charge in [0.1, 0.15) is 19.3 Å². The van der Waals surface area contributed by atoms with Gasteiger partial charge in [0.2, 0.25) is 5.91 Å². The average Bonchev–Trinajstić information content (AvgIpc) is 3.44. The molecule has 3 unspecified atom stereocenters. The largest absolute Gasteiger partial charge is 0.472 e. The van der Waals surface area contributed by atoms with E-state index < -0.39 is 20.0 Å². The van der Waals surface area contributed by atoms with Crippen molar-refractivity contribution in [3.8, 4) is 0 Å². The van der Waals surface area contributed by atoms with Crippen LogP contribution in [0.3, 0.4) is 0 Å². The Labute approximate surface area is 502 Å². The van der Waals surface area contributed by atoms with Crippen LogP contribution < -0.4 is 5.32 Å². The Kier molecular flexibility index (Phi) is 58.7. The molecule has 0 rings (SSSR count). The highest BCUT2D eigenvalue weighted by Crippen LogP contribution is 2.43. The van der Waals surface area contributed by atoms with Gasteiger partial charge in [-0.05, 0) is 102 Å². The molecule has 0 heterocycles. The normalized spacial score (nSPS) is 14.0. The highest BCUT2D eigenvalue weighted by Gasteiger charge is 2.30. The lowest BCUT2D eigenvalue weighted by molar-refractivity contribution is -0.870. The lowest BCUT2D eigenvalue weighted by Crippen LogP contribution is -2.47. The van der Waals surface area contributed by atoms with Gasteiger partial charge in [0.15, 0.2) is 0 Å². The number of likely N-dealkylation sites (N-methyl/N-ethyl adjacent to an activating group) is 1. The minimum Gasteiger partial charge on any atom is -0.456 e. The number of carbonyl (C=O) groups is 2. The number of amides is 1. The number of phosphoric ester groups is 1. The van der Waals surface area contributed by atoms with Crippen molar-refractivity contribution in [3.05, 3.63) is 72.9 Å². The number of quaternary nitrogens is 1. The van der Waals surface area contributed by atoms with E-state index >= 15 is 0 Å². The fourth-order valence-electron chi connectivity index (χ4n) is 9.80. The summed E-state index contributed by atoms with van der Waals surface area (Å²) in [4.78, 5) is 37.8. The number of hydrogen-bond donors (Lipinski definition) is 2. The van der Waals surface area contributed by atoms with Crippen LogP contribution in [0.4, 0.5) is 0 Å². The molecule has 0 bridgehead atoms. The monoisotopic (exact) mass is 1160 g/mol. The number of unbranched alkanes of at least 4 members (excludes halogenated alkanes) is 36. The van der Waals surface area contributed by atoms with Crippen LogP contribution in [-0.2, 0) is 27.9 Å². The van der Waals surface area contributed by atoms with Crippen LogP contribution >= 0.6 is 7.82 Å². The molecule has 0 fully saturated rings. The molecule has 1 amide bonds. The standard InChI is InChI=1S/C71H131N2O7P/c1-7-10-13-16-19-22-25-27-29-31-33-34-35-36-37-38-40-41-43-45-48-51-54-57-60-63-70(74)72-68(67-79-81(76,77)78-66-65-73(4,5)6)69(62-59-56-53-50-47-24-21-18-15-12-9-3)80-71(75)64-61-58-55-52-49-46-44-42-39-32-30-28-26-23-20-17-14-11-8-2/h20,23,27-30,39,42,46,49,59,62,68-69H,7-19,21-22,24-26,31-38,40-41,43-45,47-48,50-58,60-61,63-67H2,1-6H3,(H-,72,74,76,77)/p+1/b23-20-,29-27+,30-28-,42-39-,49-46-,62-59-. The summed E-state index contributed by atoms with van der Waals surface area (Å²) < 4.78 is 30.7. The molecule has 0 aliphatic heterocycles. The third-order valence-electron chi connectivity index (χ3n) is 15.1. The summed E-state index contributed by atoms with van der Waals surface area (Å²) >= 11 is 0. The first kappa shape index (κ1) is 78.5. The van der Waals surface area contributed by atoms with Crippen LogP contribution in [-0.4, -0.2) is 74.3 Å². The predicted molar refractivity (Wildman–Crippen MR) is 351 cm³/mol. The Hall–Kier alpha value is -2.55. The molecule has 472 valence electrons. The molecular weight excluding hydrogens is 1020 g/mol. The summed E-state index contributed by atoms with van der Waals surface area (Å²) in [5.41, 5.74) is 0. The van der Waals surface area contributed by atoms with E-state index in [0.717, 1.165) is 77.0 Å². The number of phosphoric acid groups is 1. The Balaban J connectivity index is 5.09. The lowest BCUT2D eigenvalue weighted by Gasteiger charge is -2.27. The lowest BCUT2D eigenvalue weighted by atomic mass is 10.0. The number of esters is 1. The molecule has 0 aromatic rings. The summed E-state index contributed by atoms with van der Waals surface area (Å²) in [5.74, 6) is -0.534. The fourth-order valence-corrected chi connectivity index (χ4v) is 10.5. The van der Waals surface area contributed by atoms with Crippen LogP contribution in [0, 0.1) is 0 Å². The van der Waals surface area contributed by atoms with Gasteiger partial charge < -0.3 is 19.4 Å². The highest BCUT2D eigenvalue weighted by molar-refractivity contribution is 7.47. The summed E-state index contributed by atoms with van der Waals surface area (Å²) in [6.45, 7) is 6.98. The minimum atomic E-state index is -4.46. The topological polar surface area (TPSA) is 111 Å². The molecule has 0 saturated heterocycles. The second kappa shape index (κ2) is 60.6. The first-order valence-electron chi connectivity index (χ1n) is 34.3. The van der Waals surface area contributed by atoms with Crippen LogP contribution in [0.15, 0.2) is 72.9 Å². The van der Waals surface area contributed by atoms with E-state index in [-0.39, 0.29) is 31.5 Å². The van der Waals surface area contributed by atoms with E-state index in [1.54, 1.807) is 0 Å². The van der Waals surface area contributed by atoms with Gasteiger partial charge in [-0.2, -0.15) is 0 Å². The number of allylic oxidation sites excluding steroid dienone is 11. The van der Waals surface area contributed by atoms with Gasteiger partial charge in [0.05, 0.1) is 33.8 Å². The Morgan fingerprint density at radius 1 is 0.432 bits per heavy atom. The van der Waals surface area contributed by atoms with Gasteiger partial charge in [-0.1, -0.05) is 274 Å². The molecule has 0 aromatic heterocycles. The molecule has 2 N–H and O–H groups in total. The van der Waals surface area contributed by atoms with Crippen LogP contribution in [0.25, 0.3) is 0 Å². The van der Waals surface area contributed by atoms with Crippen molar-refractivity contribution in [3.63, 3.8) is 0 Å². The van der Waals surface area contributed by atoms with Crippen molar-refractivity contribution in [1.29, 1.82) is 0 Å². The van der Waals surface area contributed by atoms with E-state index in [1.165, 1.54) is 199 Å². The van der Waals surface area contributed by atoms with Crippen molar-refractivity contribution in [1.82, 2.24) is 5.32 Å². The SMILES string of the molecule is CCCCC/C=C\C/C=C\C/C=C\C/C=C\CCCCCC(=O)OC(/C=C\CCCCCCCCCCC)C(COP(=O)(O)OCC[N+](C)(C)C)NC(=O)CCCCCCCCCCCCCCCCC/C=C/CCCCCCCC. The Morgan fingerprint density at radius 2 is 0.753 bits per heavy atom. The number of ether oxygens (including phenoxy) is 1. The molecule has 81 heavy (non-hydrogen) atoms. The quantitative estimate of drug-likeness (QED) is 0.0205. The van der Waals surface area contributed by atoms with Gasteiger partial charge >= 0.3 is 13.8 Å². The molecule has 0 aliphatic rings. The molecule has 9 nitrogen and oxygen atoms in total. The van der Waals surface area contributed by atoms with E-state index in [9.17, 15) is 19.0 Å². The maximum Gasteiger partial charge on any atom is 0.472 e. The smallest absolute Gasteiger partial charge is 0.456 e. The summed E-state index contributed by atoms with van der Waals surface area (Å²) in [6, 6.07) is -0.863. The van der Waals surface area contributed by atoms with E-state index in [0.29, 0.717) is 23.9 Å². The molecular formula is C71H132N2O7P+. The van der Waals surface area contributed by atoms with Crippen LogP contribution in [0.5, 0.6) is 0 Å². The molecule has 0 saturated carbocycles. The number of rotatable bonds is 62. The fraction of sp³-hybridized carbons (Fsp3) is 0.803. The van der Waals surface area contributed by atoms with Gasteiger partial charge in [-0.15, -0.1) is 0 Å². The maximum absolute atomic E-state index is 13.6. The Morgan fingerprint density at radius 3 is 1.17 bits per heavy atom. The van der Waals surface area contributed by atoms with Crippen LogP contribution in [0.1, 0.15) is 316 Å². The average molecular weight is 1160 g/mol. The van der Waals surface area contributed by atoms with Gasteiger partial charge in [-0.25, -0.2) is 4.57 Å². The predicted octanol–water partition coefficient (Wildman–Crippen LogP) is 21.6. The Bertz CT molecular complexity index is 1620. The second-order valence-electron chi connectivity index (χ2n) is 24.3. The third kappa shape index (κ3) is 61.8. The van der Waals surface area contributed by atoms with E-state index in [2.05, 4.69) is 86.8 Å². The first-order valence-corrected chi connectivity index (χ1v) is 35.8. The number of nitrogens with zero attached hydrogens (tertiary/aromatic N) is 1. The molecule has 0 aromatic carbocycles. The maximum atomic E-state index is 13.6. The van der Waals surface area contributed by atoms with Crippen molar-refractivity contribution in [2.75, 3.05) is 40.9 Å². The number of nitrogens with one attached hydrogen (secondary N) is 1. The van der Waals surface area contributed by atoms with Crippen molar-refractivity contribution < 1.29 is 37.3 Å². The highest BCUT2D eigenvalue weighted by atomic mass is 31.2. The third-order valence-corrected chi connectivity index (χ3v) is 16.1. The van der Waals surface area contributed by atoms with Gasteiger partial charge in [0.25, 0.3) is 0 Å². The summed E-state index contributed by atoms with van der Waals surface area (Å²) in [7, 11) is 1.48. The van der Waals surface area contributed by atoms with Crippen LogP contribution in [0.2, 0.25) is 0 Å². The van der Waals surface area contributed by atoms with E-state index in [4.69, 9.17) is 13.8 Å². The number of carbonyl (C=O) groups excluding carboxylic acids is 2. The van der Waals surface area contributed by atoms with Crippen molar-refractivity contribution >= 4 is 19.7 Å². The van der Waals surface area contributed by atoms with Gasteiger partial charge in [-0.3, -0.25) is 18.6 Å². The molecule has 3 atom stereocenters. The molecule has 0 radical (unpaired) electrons. The zero-order valence-corrected chi connectivity index (χ0v) is 54.9. The minimum absolute atomic E-state index is 0.0337. The first-order chi connectivity index (χ1) is 39.4. The molecule has 0 spiro atoms. The van der Waals surface area contributed by atoms with E-state index in [1.807, 2.05) is 33.3 Å². The summed E-state index contributed by atoms with van der Waals surface area (Å²) in [6.07, 6.45) is 79.2. The second-order valence-corrected chi connectivity index (χ2v) is 25.8. The zero-order chi connectivity index (χ0) is 59.3. The zero-order valence-electron chi connectivity index (χ0n) is 54.0. The van der Waals surface area contributed by atoms with Gasteiger partial charge in [0, 0.05) is 12.8 Å². The summed E-state index contributed by atoms with van der Waals surface area (Å²) in [5, 5.41) is 3.06. The van der Waals surface area contributed by atoms with Crippen molar-refractivity contribution in [2.45, 2.75) is 328 Å². The molecule has 10 heteroatoms. The number of hydrogen-bond acceptors (Lipinski definition) is 6.